The van der Waals surface area contributed by atoms with Crippen LogP contribution in [0.1, 0.15) is 63.5 Å². The van der Waals surface area contributed by atoms with Gasteiger partial charge in [0, 0.05) is 5.56 Å². The maximum atomic E-state index is 6.28. The highest BCUT2D eigenvalue weighted by molar-refractivity contribution is 6.31. The number of hydrogen-bond donors (Lipinski definition) is 0. The van der Waals surface area contributed by atoms with Gasteiger partial charge in [0.2, 0.25) is 0 Å². The van der Waals surface area contributed by atoms with Gasteiger partial charge in [-0.15, -0.1) is 5.92 Å². The van der Waals surface area contributed by atoms with Crippen LogP contribution >= 0.6 is 11.6 Å². The lowest BCUT2D eigenvalue weighted by molar-refractivity contribution is 0.224. The molecule has 0 nitrogen and oxygen atoms in total. The van der Waals surface area contributed by atoms with Gasteiger partial charge in [0.05, 0.1) is 5.02 Å². The van der Waals surface area contributed by atoms with E-state index in [4.69, 9.17) is 11.6 Å². The lowest BCUT2D eigenvalue weighted by Crippen LogP contribution is -2.20. The minimum absolute atomic E-state index is 0.522. The molecule has 0 aliphatic heterocycles. The summed E-state index contributed by atoms with van der Waals surface area (Å²) >= 11 is 6.28. The molecule has 1 fully saturated rings. The van der Waals surface area contributed by atoms with E-state index in [9.17, 15) is 0 Å². The summed E-state index contributed by atoms with van der Waals surface area (Å²) in [5.41, 5.74) is 2.85. The van der Waals surface area contributed by atoms with Gasteiger partial charge in [-0.3, -0.25) is 0 Å². The smallest absolute Gasteiger partial charge is 0.0565 e. The highest BCUT2D eigenvalue weighted by atomic mass is 35.5. The fourth-order valence-electron chi connectivity index (χ4n) is 2.75. The van der Waals surface area contributed by atoms with E-state index >= 15 is 0 Å². The fraction of sp³-hybridized carbons (Fsp3) is 0.529. The van der Waals surface area contributed by atoms with Crippen LogP contribution in [0.25, 0.3) is 0 Å². The highest BCUT2D eigenvalue weighted by Crippen LogP contribution is 2.42. The van der Waals surface area contributed by atoms with E-state index in [0.29, 0.717) is 11.3 Å². The largest absolute Gasteiger partial charge is 0.101 e. The third-order valence-corrected chi connectivity index (χ3v) is 4.38. The van der Waals surface area contributed by atoms with Crippen molar-refractivity contribution < 1.29 is 0 Å². The van der Waals surface area contributed by atoms with Crippen LogP contribution in [0.3, 0.4) is 0 Å². The molecule has 0 atom stereocenters. The zero-order chi connectivity index (χ0) is 13.2. The first kappa shape index (κ1) is 13.5. The molecule has 0 bridgehead atoms. The van der Waals surface area contributed by atoms with Crippen molar-refractivity contribution in [2.75, 3.05) is 0 Å². The van der Waals surface area contributed by atoms with Crippen molar-refractivity contribution in [2.45, 2.75) is 52.4 Å². The third kappa shape index (κ3) is 3.09. The minimum atomic E-state index is 0.522. The topological polar surface area (TPSA) is 0 Å². The van der Waals surface area contributed by atoms with Crippen LogP contribution in [0.2, 0.25) is 5.02 Å². The van der Waals surface area contributed by atoms with Crippen LogP contribution in [-0.2, 0) is 0 Å². The maximum Gasteiger partial charge on any atom is 0.0565 e. The van der Waals surface area contributed by atoms with Gasteiger partial charge in [0.15, 0.2) is 0 Å². The molecule has 1 aliphatic carbocycles. The van der Waals surface area contributed by atoms with Crippen molar-refractivity contribution in [1.82, 2.24) is 0 Å². The molecule has 18 heavy (non-hydrogen) atoms. The Balaban J connectivity index is 2.15. The predicted molar refractivity (Wildman–Crippen MR) is 79.0 cm³/mol. The zero-order valence-electron chi connectivity index (χ0n) is 11.5. The van der Waals surface area contributed by atoms with Gasteiger partial charge in [-0.2, -0.15) is 0 Å². The van der Waals surface area contributed by atoms with Gasteiger partial charge < -0.3 is 0 Å². The Morgan fingerprint density at radius 2 is 1.89 bits per heavy atom. The molecule has 0 saturated heterocycles. The molecule has 1 heteroatoms. The molecule has 1 aromatic carbocycles. The van der Waals surface area contributed by atoms with Crippen LogP contribution in [0, 0.1) is 17.3 Å². The molecule has 0 heterocycles. The summed E-state index contributed by atoms with van der Waals surface area (Å²) in [5, 5.41) is 0.798. The second-order valence-electron chi connectivity index (χ2n) is 6.05. The average molecular weight is 261 g/mol. The van der Waals surface area contributed by atoms with Gasteiger partial charge >= 0.3 is 0 Å². The van der Waals surface area contributed by atoms with Gasteiger partial charge in [-0.1, -0.05) is 37.4 Å². The summed E-state index contributed by atoms with van der Waals surface area (Å²) in [6, 6.07) is 6.38. The molecule has 96 valence electrons. The fourth-order valence-corrected chi connectivity index (χ4v) is 2.99. The van der Waals surface area contributed by atoms with Gasteiger partial charge in [-0.25, -0.2) is 0 Å². The number of halogens is 1. The summed E-state index contributed by atoms with van der Waals surface area (Å²) in [5.74, 6) is 6.62. The average Bonchev–Trinajstić information content (AvgIpc) is 2.32. The Kier molecular flexibility index (Phi) is 4.03. The first-order valence-electron chi connectivity index (χ1n) is 6.74. The molecule has 0 spiro atoms. The molecule has 0 aromatic heterocycles. The molecule has 1 aliphatic rings. The van der Waals surface area contributed by atoms with Crippen molar-refractivity contribution in [3.05, 3.63) is 34.3 Å². The summed E-state index contributed by atoms with van der Waals surface area (Å²) in [6.07, 6.45) is 5.18. The van der Waals surface area contributed by atoms with E-state index in [1.165, 1.54) is 31.2 Å². The Hall–Kier alpha value is -0.930. The number of rotatable bonds is 1. The van der Waals surface area contributed by atoms with Crippen molar-refractivity contribution >= 4 is 11.6 Å². The molecule has 1 aromatic rings. The summed E-state index contributed by atoms with van der Waals surface area (Å²) in [7, 11) is 0. The molecule has 0 N–H and O–H groups in total. The third-order valence-electron chi connectivity index (χ3n) is 4.06. The second-order valence-corrected chi connectivity index (χ2v) is 6.46. The van der Waals surface area contributed by atoms with E-state index in [1.807, 2.05) is 6.92 Å². The van der Waals surface area contributed by atoms with Crippen LogP contribution in [0.5, 0.6) is 0 Å². The quantitative estimate of drug-likeness (QED) is 0.594. The molecule has 2 rings (SSSR count). The Morgan fingerprint density at radius 3 is 2.44 bits per heavy atom. The molecular weight excluding hydrogens is 240 g/mol. The van der Waals surface area contributed by atoms with Gasteiger partial charge in [0.1, 0.15) is 0 Å². The zero-order valence-corrected chi connectivity index (χ0v) is 12.3. The first-order chi connectivity index (χ1) is 8.52. The highest BCUT2D eigenvalue weighted by Gasteiger charge is 2.27. The molecular formula is C17H21Cl. The van der Waals surface area contributed by atoms with E-state index in [-0.39, 0.29) is 0 Å². The van der Waals surface area contributed by atoms with Crippen LogP contribution in [0.15, 0.2) is 18.2 Å². The second kappa shape index (κ2) is 5.37. The van der Waals surface area contributed by atoms with Crippen LogP contribution in [-0.4, -0.2) is 0 Å². The van der Waals surface area contributed by atoms with Crippen LogP contribution < -0.4 is 0 Å². The van der Waals surface area contributed by atoms with Crippen molar-refractivity contribution in [3.63, 3.8) is 0 Å². The predicted octanol–water partition coefficient (Wildman–Crippen LogP) is 5.40. The van der Waals surface area contributed by atoms with Crippen molar-refractivity contribution in [3.8, 4) is 11.8 Å². The van der Waals surface area contributed by atoms with Gasteiger partial charge in [0.25, 0.3) is 0 Å². The summed E-state index contributed by atoms with van der Waals surface area (Å²) in [6.45, 7) is 6.58. The SMILES string of the molecule is CC#Cc1ccc(C2CCC(C)(C)CC2)cc1Cl. The van der Waals surface area contributed by atoms with E-state index < -0.39 is 0 Å². The van der Waals surface area contributed by atoms with Crippen molar-refractivity contribution in [2.24, 2.45) is 5.41 Å². The lowest BCUT2D eigenvalue weighted by Gasteiger charge is -2.34. The molecule has 0 amide bonds. The van der Waals surface area contributed by atoms with Crippen LogP contribution in [0.4, 0.5) is 0 Å². The molecule has 0 unspecified atom stereocenters. The first-order valence-corrected chi connectivity index (χ1v) is 7.12. The van der Waals surface area contributed by atoms with E-state index in [2.05, 4.69) is 43.9 Å². The Morgan fingerprint density at radius 1 is 1.22 bits per heavy atom. The minimum Gasteiger partial charge on any atom is -0.101 e. The summed E-state index contributed by atoms with van der Waals surface area (Å²) < 4.78 is 0. The number of benzene rings is 1. The normalized spacial score (nSPS) is 19.1. The lowest BCUT2D eigenvalue weighted by atomic mass is 9.71. The number of hydrogen-bond acceptors (Lipinski definition) is 0. The van der Waals surface area contributed by atoms with E-state index in [0.717, 1.165) is 10.6 Å². The van der Waals surface area contributed by atoms with Crippen molar-refractivity contribution in [1.29, 1.82) is 0 Å². The maximum absolute atomic E-state index is 6.28. The monoisotopic (exact) mass is 260 g/mol. The molecule has 0 radical (unpaired) electrons. The standard InChI is InChI=1S/C17H21Cl/c1-4-5-14-6-7-15(12-16(14)18)13-8-10-17(2,3)11-9-13/h6-7,12-13H,8-11H2,1-3H3. The molecule has 1 saturated carbocycles. The summed E-state index contributed by atoms with van der Waals surface area (Å²) in [4.78, 5) is 0. The van der Waals surface area contributed by atoms with Gasteiger partial charge in [-0.05, 0) is 61.6 Å². The Bertz CT molecular complexity index is 478. The Labute approximate surface area is 116 Å². The van der Waals surface area contributed by atoms with E-state index in [1.54, 1.807) is 0 Å².